The van der Waals surface area contributed by atoms with Crippen molar-refractivity contribution in [3.05, 3.63) is 59.2 Å². The third kappa shape index (κ3) is 4.49. The highest BCUT2D eigenvalue weighted by atomic mass is 16.5. The van der Waals surface area contributed by atoms with Gasteiger partial charge in [0, 0.05) is 17.7 Å². The number of benzene rings is 2. The maximum Gasteiger partial charge on any atom is 0.251 e. The fourth-order valence-electron chi connectivity index (χ4n) is 2.51. The number of hydrogen-bond acceptors (Lipinski definition) is 4. The standard InChI is InChI=1S/C19H24N2O3/c1-20-11-10-14-6-4-5-7-17(14)19(22)21-13-15-12-16(23-2)8-9-18(15)24-3/h4-9,12,20H,10-11,13H2,1-3H3,(H,21,22). The van der Waals surface area contributed by atoms with Crippen molar-refractivity contribution in [2.45, 2.75) is 13.0 Å². The van der Waals surface area contributed by atoms with Crippen molar-refractivity contribution in [2.75, 3.05) is 27.8 Å². The van der Waals surface area contributed by atoms with Crippen LogP contribution in [0.3, 0.4) is 0 Å². The predicted molar refractivity (Wildman–Crippen MR) is 94.8 cm³/mol. The van der Waals surface area contributed by atoms with Gasteiger partial charge in [-0.3, -0.25) is 4.79 Å². The molecule has 24 heavy (non-hydrogen) atoms. The van der Waals surface area contributed by atoms with Crippen molar-refractivity contribution in [3.63, 3.8) is 0 Å². The van der Waals surface area contributed by atoms with Gasteiger partial charge in [0.25, 0.3) is 5.91 Å². The second-order valence-electron chi connectivity index (χ2n) is 5.37. The number of carbonyl (C=O) groups excluding carboxylic acids is 1. The van der Waals surface area contributed by atoms with E-state index in [1.165, 1.54) is 0 Å². The van der Waals surface area contributed by atoms with Crippen LogP contribution in [0, 0.1) is 0 Å². The van der Waals surface area contributed by atoms with Crippen LogP contribution in [0.2, 0.25) is 0 Å². The molecule has 0 fully saturated rings. The van der Waals surface area contributed by atoms with Crippen LogP contribution in [0.1, 0.15) is 21.5 Å². The molecule has 1 amide bonds. The number of carbonyl (C=O) groups is 1. The van der Waals surface area contributed by atoms with Gasteiger partial charge in [-0.05, 0) is 49.8 Å². The summed E-state index contributed by atoms with van der Waals surface area (Å²) in [5.41, 5.74) is 2.61. The Kier molecular flexibility index (Phi) is 6.63. The summed E-state index contributed by atoms with van der Waals surface area (Å²) in [6.45, 7) is 1.20. The monoisotopic (exact) mass is 328 g/mol. The van der Waals surface area contributed by atoms with E-state index in [1.54, 1.807) is 14.2 Å². The Morgan fingerprint density at radius 1 is 1.04 bits per heavy atom. The minimum Gasteiger partial charge on any atom is -0.497 e. The van der Waals surface area contributed by atoms with Crippen LogP contribution in [0.4, 0.5) is 0 Å². The summed E-state index contributed by atoms with van der Waals surface area (Å²) < 4.78 is 10.6. The summed E-state index contributed by atoms with van der Waals surface area (Å²) in [4.78, 5) is 12.6. The number of likely N-dealkylation sites (N-methyl/N-ethyl adjacent to an activating group) is 1. The van der Waals surface area contributed by atoms with Crippen molar-refractivity contribution < 1.29 is 14.3 Å². The minimum absolute atomic E-state index is 0.0911. The Labute approximate surface area is 143 Å². The van der Waals surface area contributed by atoms with E-state index >= 15 is 0 Å². The lowest BCUT2D eigenvalue weighted by Crippen LogP contribution is -2.25. The molecule has 5 heteroatoms. The Balaban J connectivity index is 2.11. The van der Waals surface area contributed by atoms with E-state index < -0.39 is 0 Å². The molecule has 2 rings (SSSR count). The van der Waals surface area contributed by atoms with E-state index in [0.717, 1.165) is 35.6 Å². The van der Waals surface area contributed by atoms with Crippen molar-refractivity contribution in [2.24, 2.45) is 0 Å². The second-order valence-corrected chi connectivity index (χ2v) is 5.37. The van der Waals surface area contributed by atoms with Crippen molar-refractivity contribution in [1.29, 1.82) is 0 Å². The molecule has 0 saturated heterocycles. The molecule has 0 saturated carbocycles. The first-order valence-corrected chi connectivity index (χ1v) is 7.91. The first-order chi connectivity index (χ1) is 11.7. The van der Waals surface area contributed by atoms with Crippen LogP contribution in [-0.2, 0) is 13.0 Å². The number of methoxy groups -OCH3 is 2. The molecule has 0 aliphatic rings. The third-order valence-electron chi connectivity index (χ3n) is 3.83. The molecule has 0 bridgehead atoms. The summed E-state index contributed by atoms with van der Waals surface area (Å²) in [5.74, 6) is 1.36. The van der Waals surface area contributed by atoms with Crippen molar-refractivity contribution in [1.82, 2.24) is 10.6 Å². The van der Waals surface area contributed by atoms with Crippen LogP contribution in [0.25, 0.3) is 0 Å². The minimum atomic E-state index is -0.0911. The number of amides is 1. The number of ether oxygens (including phenoxy) is 2. The average molecular weight is 328 g/mol. The maximum atomic E-state index is 12.6. The van der Waals surface area contributed by atoms with Gasteiger partial charge in [-0.25, -0.2) is 0 Å². The van der Waals surface area contributed by atoms with Gasteiger partial charge in [-0.15, -0.1) is 0 Å². The lowest BCUT2D eigenvalue weighted by Gasteiger charge is -2.13. The van der Waals surface area contributed by atoms with E-state index in [-0.39, 0.29) is 5.91 Å². The first-order valence-electron chi connectivity index (χ1n) is 7.91. The predicted octanol–water partition coefficient (Wildman–Crippen LogP) is 2.40. The van der Waals surface area contributed by atoms with E-state index in [9.17, 15) is 4.79 Å². The van der Waals surface area contributed by atoms with Gasteiger partial charge in [-0.1, -0.05) is 18.2 Å². The molecular formula is C19H24N2O3. The molecule has 0 spiro atoms. The zero-order valence-electron chi connectivity index (χ0n) is 14.4. The van der Waals surface area contributed by atoms with Crippen LogP contribution in [0.5, 0.6) is 11.5 Å². The van der Waals surface area contributed by atoms with E-state index in [0.29, 0.717) is 12.1 Å². The Morgan fingerprint density at radius 2 is 1.83 bits per heavy atom. The Bertz CT molecular complexity index is 686. The maximum absolute atomic E-state index is 12.6. The summed E-state index contributed by atoms with van der Waals surface area (Å²) in [6.07, 6.45) is 0.808. The van der Waals surface area contributed by atoms with Gasteiger partial charge < -0.3 is 20.1 Å². The van der Waals surface area contributed by atoms with Gasteiger partial charge in [0.05, 0.1) is 14.2 Å². The lowest BCUT2D eigenvalue weighted by molar-refractivity contribution is 0.0949. The molecule has 0 aromatic heterocycles. The molecule has 2 N–H and O–H groups in total. The molecule has 5 nitrogen and oxygen atoms in total. The van der Waals surface area contributed by atoms with Gasteiger partial charge in [0.2, 0.25) is 0 Å². The average Bonchev–Trinajstić information content (AvgIpc) is 2.64. The van der Waals surface area contributed by atoms with Crippen LogP contribution < -0.4 is 20.1 Å². The molecule has 0 atom stereocenters. The largest absolute Gasteiger partial charge is 0.497 e. The molecule has 0 aliphatic heterocycles. The molecule has 0 aliphatic carbocycles. The van der Waals surface area contributed by atoms with E-state index in [4.69, 9.17) is 9.47 Å². The fraction of sp³-hybridized carbons (Fsp3) is 0.316. The Hall–Kier alpha value is -2.53. The smallest absolute Gasteiger partial charge is 0.251 e. The zero-order chi connectivity index (χ0) is 17.4. The summed E-state index contributed by atoms with van der Waals surface area (Å²) in [6, 6.07) is 13.2. The van der Waals surface area contributed by atoms with E-state index in [2.05, 4.69) is 10.6 Å². The van der Waals surface area contributed by atoms with E-state index in [1.807, 2.05) is 49.5 Å². The number of hydrogen-bond donors (Lipinski definition) is 2. The molecule has 0 radical (unpaired) electrons. The Morgan fingerprint density at radius 3 is 2.54 bits per heavy atom. The van der Waals surface area contributed by atoms with Gasteiger partial charge >= 0.3 is 0 Å². The van der Waals surface area contributed by atoms with Gasteiger partial charge in [0.1, 0.15) is 11.5 Å². The summed E-state index contributed by atoms with van der Waals surface area (Å²) >= 11 is 0. The highest BCUT2D eigenvalue weighted by molar-refractivity contribution is 5.95. The molecule has 0 unspecified atom stereocenters. The zero-order valence-corrected chi connectivity index (χ0v) is 14.4. The summed E-state index contributed by atoms with van der Waals surface area (Å²) in [5, 5.41) is 6.07. The van der Waals surface area contributed by atoms with Crippen LogP contribution >= 0.6 is 0 Å². The number of nitrogens with one attached hydrogen (secondary N) is 2. The lowest BCUT2D eigenvalue weighted by atomic mass is 10.0. The quantitative estimate of drug-likeness (QED) is 0.781. The molecule has 2 aromatic rings. The van der Waals surface area contributed by atoms with Gasteiger partial charge in [-0.2, -0.15) is 0 Å². The SMILES string of the molecule is CNCCc1ccccc1C(=O)NCc1cc(OC)ccc1OC. The van der Waals surface area contributed by atoms with Crippen LogP contribution in [0.15, 0.2) is 42.5 Å². The third-order valence-corrected chi connectivity index (χ3v) is 3.83. The second kappa shape index (κ2) is 8.93. The molecular weight excluding hydrogens is 304 g/mol. The highest BCUT2D eigenvalue weighted by Gasteiger charge is 2.12. The molecule has 2 aromatic carbocycles. The number of rotatable bonds is 8. The van der Waals surface area contributed by atoms with Crippen molar-refractivity contribution in [3.8, 4) is 11.5 Å². The first kappa shape index (κ1) is 17.8. The normalized spacial score (nSPS) is 10.3. The molecule has 0 heterocycles. The topological polar surface area (TPSA) is 59.6 Å². The van der Waals surface area contributed by atoms with Crippen molar-refractivity contribution >= 4 is 5.91 Å². The summed E-state index contributed by atoms with van der Waals surface area (Å²) in [7, 11) is 5.13. The highest BCUT2D eigenvalue weighted by Crippen LogP contribution is 2.23. The molecule has 128 valence electrons. The van der Waals surface area contributed by atoms with Crippen LogP contribution in [-0.4, -0.2) is 33.7 Å². The fourth-order valence-corrected chi connectivity index (χ4v) is 2.51. The van der Waals surface area contributed by atoms with Gasteiger partial charge in [0.15, 0.2) is 0 Å².